The summed E-state index contributed by atoms with van der Waals surface area (Å²) < 4.78 is 66.4. The molecule has 0 saturated carbocycles. The van der Waals surface area contributed by atoms with Gasteiger partial charge < -0.3 is 4.42 Å². The molecule has 0 aliphatic carbocycles. The van der Waals surface area contributed by atoms with E-state index >= 15 is 0 Å². The number of aliphatic imine (C=N–C) groups is 1. The first-order valence-corrected chi connectivity index (χ1v) is 9.06. The molecule has 1 fully saturated rings. The maximum absolute atomic E-state index is 12.7. The zero-order chi connectivity index (χ0) is 17.4. The van der Waals surface area contributed by atoms with Gasteiger partial charge in [0.05, 0.1) is 29.3 Å². The van der Waals surface area contributed by atoms with Crippen molar-refractivity contribution >= 4 is 16.1 Å². The van der Waals surface area contributed by atoms with Gasteiger partial charge in [0.15, 0.2) is 9.84 Å². The molecule has 1 atom stereocenters. The maximum Gasteiger partial charge on any atom is 0.416 e. The van der Waals surface area contributed by atoms with Crippen molar-refractivity contribution in [3.05, 3.63) is 47.7 Å². The van der Waals surface area contributed by atoms with Crippen LogP contribution in [0.5, 0.6) is 0 Å². The van der Waals surface area contributed by atoms with Crippen molar-refractivity contribution in [3.63, 3.8) is 0 Å². The molecule has 1 aliphatic heterocycles. The van der Waals surface area contributed by atoms with E-state index in [1.165, 1.54) is 18.3 Å². The van der Waals surface area contributed by atoms with Gasteiger partial charge in [-0.1, -0.05) is 12.1 Å². The molecule has 2 heterocycles. The zero-order valence-corrected chi connectivity index (χ0v) is 13.3. The normalized spacial score (nSPS) is 20.7. The van der Waals surface area contributed by atoms with E-state index in [0.29, 0.717) is 23.5 Å². The average molecular weight is 357 g/mol. The lowest BCUT2D eigenvalue weighted by Crippen LogP contribution is -2.07. The fraction of sp³-hybridized carbons (Fsp3) is 0.312. The molecule has 1 saturated heterocycles. The summed E-state index contributed by atoms with van der Waals surface area (Å²) >= 11 is 0. The molecule has 0 radical (unpaired) electrons. The van der Waals surface area contributed by atoms with E-state index in [0.717, 1.165) is 12.1 Å². The monoisotopic (exact) mass is 357 g/mol. The molecule has 128 valence electrons. The summed E-state index contributed by atoms with van der Waals surface area (Å²) in [7, 11) is -3.01. The Balaban J connectivity index is 1.77. The lowest BCUT2D eigenvalue weighted by Gasteiger charge is -2.07. The smallest absolute Gasteiger partial charge is 0.416 e. The predicted molar refractivity (Wildman–Crippen MR) is 83.8 cm³/mol. The fourth-order valence-electron chi connectivity index (χ4n) is 2.50. The van der Waals surface area contributed by atoms with Gasteiger partial charge in [-0.3, -0.25) is 4.99 Å². The van der Waals surface area contributed by atoms with Crippen molar-refractivity contribution in [2.75, 3.05) is 11.5 Å². The van der Waals surface area contributed by atoms with Crippen molar-refractivity contribution < 1.29 is 26.0 Å². The van der Waals surface area contributed by atoms with Crippen LogP contribution in [0.3, 0.4) is 0 Å². The van der Waals surface area contributed by atoms with Crippen LogP contribution < -0.4 is 0 Å². The van der Waals surface area contributed by atoms with Gasteiger partial charge in [-0.2, -0.15) is 13.2 Å². The Morgan fingerprint density at radius 2 is 2.00 bits per heavy atom. The molecule has 1 aliphatic rings. The Hall–Kier alpha value is -2.09. The second-order valence-electron chi connectivity index (χ2n) is 5.62. The van der Waals surface area contributed by atoms with Crippen LogP contribution in [-0.2, 0) is 16.0 Å². The number of alkyl halides is 3. The van der Waals surface area contributed by atoms with Crippen LogP contribution in [0.25, 0.3) is 11.3 Å². The van der Waals surface area contributed by atoms with Gasteiger partial charge in [-0.15, -0.1) is 0 Å². The van der Waals surface area contributed by atoms with Crippen molar-refractivity contribution in [2.45, 2.75) is 18.6 Å². The van der Waals surface area contributed by atoms with Crippen LogP contribution in [0.4, 0.5) is 13.2 Å². The lowest BCUT2D eigenvalue weighted by atomic mass is 10.1. The number of hydrogen-bond donors (Lipinski definition) is 0. The Bertz CT molecular complexity index is 869. The Kier molecular flexibility index (Phi) is 4.25. The van der Waals surface area contributed by atoms with E-state index in [9.17, 15) is 21.6 Å². The largest absolute Gasteiger partial charge is 0.455 e. The van der Waals surface area contributed by atoms with Crippen molar-refractivity contribution in [1.82, 2.24) is 0 Å². The average Bonchev–Trinajstić information content (AvgIpc) is 3.11. The molecule has 0 spiro atoms. The summed E-state index contributed by atoms with van der Waals surface area (Å²) in [6.45, 7) is 0. The molecular formula is C16H14F3NO3S. The summed E-state index contributed by atoms with van der Waals surface area (Å²) in [5.41, 5.74) is -0.435. The van der Waals surface area contributed by atoms with E-state index in [1.54, 1.807) is 12.1 Å². The lowest BCUT2D eigenvalue weighted by molar-refractivity contribution is -0.137. The molecule has 1 unspecified atom stereocenters. The first-order chi connectivity index (χ1) is 11.2. The summed E-state index contributed by atoms with van der Waals surface area (Å²) in [4.78, 5) is 4.17. The Morgan fingerprint density at radius 3 is 2.67 bits per heavy atom. The van der Waals surface area contributed by atoms with Crippen molar-refractivity contribution in [1.29, 1.82) is 0 Å². The maximum atomic E-state index is 12.7. The highest BCUT2D eigenvalue weighted by Crippen LogP contribution is 2.32. The van der Waals surface area contributed by atoms with Gasteiger partial charge in [0, 0.05) is 5.56 Å². The summed E-state index contributed by atoms with van der Waals surface area (Å²) in [5.74, 6) is 0.807. The van der Waals surface area contributed by atoms with Gasteiger partial charge in [0.1, 0.15) is 11.5 Å². The summed E-state index contributed by atoms with van der Waals surface area (Å²) in [6.07, 6.45) is -2.52. The van der Waals surface area contributed by atoms with Crippen LogP contribution in [0.2, 0.25) is 0 Å². The molecule has 8 heteroatoms. The Morgan fingerprint density at radius 1 is 1.21 bits per heavy atom. The first-order valence-electron chi connectivity index (χ1n) is 7.24. The molecule has 0 bridgehead atoms. The number of sulfone groups is 1. The first kappa shape index (κ1) is 16.8. The molecule has 1 aromatic carbocycles. The zero-order valence-electron chi connectivity index (χ0n) is 12.5. The van der Waals surface area contributed by atoms with E-state index < -0.39 is 21.6 Å². The predicted octanol–water partition coefficient (Wildman–Crippen LogP) is 3.57. The second kappa shape index (κ2) is 6.08. The third-order valence-electron chi connectivity index (χ3n) is 3.72. The molecule has 3 rings (SSSR count). The minimum absolute atomic E-state index is 0.0185. The van der Waals surface area contributed by atoms with Crippen LogP contribution in [-0.4, -0.2) is 32.2 Å². The SMILES string of the molecule is O=S1(=O)CCC(N=Cc2ccc(-c3cccc(C(F)(F)F)c3)o2)C1. The highest BCUT2D eigenvalue weighted by molar-refractivity contribution is 7.91. The van der Waals surface area contributed by atoms with Crippen LogP contribution in [0, 0.1) is 0 Å². The van der Waals surface area contributed by atoms with Crippen molar-refractivity contribution in [3.8, 4) is 11.3 Å². The molecule has 24 heavy (non-hydrogen) atoms. The van der Waals surface area contributed by atoms with E-state index in [1.807, 2.05) is 0 Å². The highest BCUT2D eigenvalue weighted by Gasteiger charge is 2.30. The molecule has 0 N–H and O–H groups in total. The van der Waals surface area contributed by atoms with Crippen LogP contribution >= 0.6 is 0 Å². The summed E-state index contributed by atoms with van der Waals surface area (Å²) in [6, 6.07) is 7.71. The number of furan rings is 1. The van der Waals surface area contributed by atoms with Gasteiger partial charge in [0.25, 0.3) is 0 Å². The van der Waals surface area contributed by atoms with E-state index in [2.05, 4.69) is 4.99 Å². The number of nitrogens with zero attached hydrogens (tertiary/aromatic N) is 1. The minimum atomic E-state index is -4.42. The van der Waals surface area contributed by atoms with Gasteiger partial charge in [-0.25, -0.2) is 8.42 Å². The minimum Gasteiger partial charge on any atom is -0.455 e. The Labute approximate surface area is 136 Å². The third-order valence-corrected chi connectivity index (χ3v) is 5.47. The molecule has 1 aromatic heterocycles. The summed E-state index contributed by atoms with van der Waals surface area (Å²) in [5, 5.41) is 0. The van der Waals surface area contributed by atoms with Gasteiger partial charge >= 0.3 is 6.18 Å². The second-order valence-corrected chi connectivity index (χ2v) is 7.84. The molecular weight excluding hydrogens is 343 g/mol. The van der Waals surface area contributed by atoms with Crippen molar-refractivity contribution in [2.24, 2.45) is 4.99 Å². The van der Waals surface area contributed by atoms with Crippen LogP contribution in [0.15, 0.2) is 45.8 Å². The molecule has 0 amide bonds. The molecule has 4 nitrogen and oxygen atoms in total. The number of rotatable bonds is 3. The number of halogens is 3. The third kappa shape index (κ3) is 3.87. The van der Waals surface area contributed by atoms with Crippen LogP contribution in [0.1, 0.15) is 17.7 Å². The molecule has 2 aromatic rings. The highest BCUT2D eigenvalue weighted by atomic mass is 32.2. The van der Waals surface area contributed by atoms with E-state index in [4.69, 9.17) is 4.42 Å². The quantitative estimate of drug-likeness (QED) is 0.789. The number of benzene rings is 1. The topological polar surface area (TPSA) is 59.6 Å². The number of hydrogen-bond acceptors (Lipinski definition) is 4. The fourth-order valence-corrected chi connectivity index (χ4v) is 4.13. The van der Waals surface area contributed by atoms with Gasteiger partial charge in [-0.05, 0) is 30.7 Å². The van der Waals surface area contributed by atoms with E-state index in [-0.39, 0.29) is 17.5 Å². The van der Waals surface area contributed by atoms with Gasteiger partial charge in [0.2, 0.25) is 0 Å². The standard InChI is InChI=1S/C16H14F3NO3S/c17-16(18,19)12-3-1-2-11(8-12)15-5-4-14(23-15)9-20-13-6-7-24(21,22)10-13/h1-5,8-9,13H,6-7,10H2.